The van der Waals surface area contributed by atoms with E-state index in [-0.39, 0.29) is 18.9 Å². The maximum atomic E-state index is 12.0. The number of hydrogen-bond acceptors (Lipinski definition) is 7. The summed E-state index contributed by atoms with van der Waals surface area (Å²) in [7, 11) is 0. The third-order valence-corrected chi connectivity index (χ3v) is 5.94. The number of carbonyl (C=O) groups excluding carboxylic acids is 2. The third kappa shape index (κ3) is 8.70. The minimum atomic E-state index is -1.13. The molecule has 9 nitrogen and oxygen atoms in total. The lowest BCUT2D eigenvalue weighted by Crippen LogP contribution is -2.43. The van der Waals surface area contributed by atoms with E-state index >= 15 is 0 Å². The largest absolute Gasteiger partial charge is 0.480 e. The molecule has 2 aromatic rings. The monoisotopic (exact) mass is 484 g/mol. The molecule has 34 heavy (non-hydrogen) atoms. The van der Waals surface area contributed by atoms with Gasteiger partial charge in [0.25, 0.3) is 0 Å². The number of nitrogens with zero attached hydrogens (tertiary/aromatic N) is 1. The van der Waals surface area contributed by atoms with Gasteiger partial charge in [0.15, 0.2) is 5.96 Å². The lowest BCUT2D eigenvalue weighted by molar-refractivity contribution is -0.139. The molecule has 10 heteroatoms. The summed E-state index contributed by atoms with van der Waals surface area (Å²) in [6.45, 7) is 1.60. The number of thiophene rings is 1. The van der Waals surface area contributed by atoms with Crippen molar-refractivity contribution in [3.8, 4) is 0 Å². The summed E-state index contributed by atoms with van der Waals surface area (Å²) in [5.74, 6) is -0.696. The van der Waals surface area contributed by atoms with Crippen molar-refractivity contribution < 1.29 is 24.2 Å². The van der Waals surface area contributed by atoms with E-state index in [4.69, 9.17) is 4.74 Å². The second-order valence-electron chi connectivity index (χ2n) is 7.60. The fourth-order valence-corrected chi connectivity index (χ4v) is 4.12. The predicted octanol–water partition coefficient (Wildman–Crippen LogP) is 2.93. The number of hydrogen-bond donors (Lipinski definition) is 4. The third-order valence-electron chi connectivity index (χ3n) is 4.87. The van der Waals surface area contributed by atoms with Crippen LogP contribution in [-0.4, -0.2) is 48.2 Å². The maximum Gasteiger partial charge on any atom is 0.408 e. The number of benzene rings is 1. The second kappa shape index (κ2) is 13.1. The average molecular weight is 485 g/mol. The molecule has 4 N–H and O–H groups in total. The molecular weight excluding hydrogens is 456 g/mol. The number of carbonyl (C=O) groups is 3. The lowest BCUT2D eigenvalue weighted by atomic mass is 10.2. The van der Waals surface area contributed by atoms with E-state index in [1.807, 2.05) is 54.6 Å². The maximum absolute atomic E-state index is 12.0. The number of guanidine groups is 1. The zero-order valence-corrected chi connectivity index (χ0v) is 19.5. The summed E-state index contributed by atoms with van der Waals surface area (Å²) in [6.07, 6.45) is 5.04. The van der Waals surface area contributed by atoms with Crippen LogP contribution in [0.2, 0.25) is 0 Å². The van der Waals surface area contributed by atoms with Crippen LogP contribution in [0, 0.1) is 0 Å². The molecule has 0 aliphatic carbocycles. The van der Waals surface area contributed by atoms with Crippen LogP contribution in [0.25, 0.3) is 6.08 Å². The molecule has 0 saturated carbocycles. The smallest absolute Gasteiger partial charge is 0.408 e. The Morgan fingerprint density at radius 1 is 1.21 bits per heavy atom. The molecule has 1 aliphatic rings. The Balaban J connectivity index is 1.42. The van der Waals surface area contributed by atoms with Gasteiger partial charge >= 0.3 is 12.1 Å². The van der Waals surface area contributed by atoms with Crippen molar-refractivity contribution >= 4 is 41.3 Å². The first-order valence-electron chi connectivity index (χ1n) is 11.0. The molecule has 0 radical (unpaired) electrons. The molecular formula is C24H28N4O5S. The average Bonchev–Trinajstić information content (AvgIpc) is 3.28. The minimum absolute atomic E-state index is 0.0651. The van der Waals surface area contributed by atoms with Crippen molar-refractivity contribution in [1.82, 2.24) is 16.0 Å². The molecule has 1 aliphatic heterocycles. The highest BCUT2D eigenvalue weighted by Crippen LogP contribution is 2.20. The molecule has 0 fully saturated rings. The van der Waals surface area contributed by atoms with Crippen LogP contribution in [0.3, 0.4) is 0 Å². The number of alkyl carbamates (subject to hydrolysis) is 1. The van der Waals surface area contributed by atoms with Crippen LogP contribution in [0.4, 0.5) is 4.79 Å². The minimum Gasteiger partial charge on any atom is -0.480 e. The highest BCUT2D eigenvalue weighted by molar-refractivity contribution is 7.12. The van der Waals surface area contributed by atoms with Gasteiger partial charge in [0, 0.05) is 35.7 Å². The first kappa shape index (κ1) is 25.0. The Morgan fingerprint density at radius 3 is 2.76 bits per heavy atom. The van der Waals surface area contributed by atoms with Crippen LogP contribution in [-0.2, 0) is 27.4 Å². The number of rotatable bonds is 10. The van der Waals surface area contributed by atoms with Crippen LogP contribution < -0.4 is 16.0 Å². The molecule has 2 amide bonds. The van der Waals surface area contributed by atoms with E-state index in [1.54, 1.807) is 0 Å². The first-order valence-corrected chi connectivity index (χ1v) is 11.8. The van der Waals surface area contributed by atoms with E-state index in [1.165, 1.54) is 11.3 Å². The zero-order chi connectivity index (χ0) is 24.2. The van der Waals surface area contributed by atoms with Gasteiger partial charge in [0.2, 0.25) is 5.91 Å². The molecule has 2 heterocycles. The van der Waals surface area contributed by atoms with Crippen molar-refractivity contribution in [2.45, 2.75) is 38.3 Å². The Bertz CT molecular complexity index is 1030. The van der Waals surface area contributed by atoms with Crippen molar-refractivity contribution in [3.05, 3.63) is 63.9 Å². The highest BCUT2D eigenvalue weighted by atomic mass is 32.1. The molecule has 3 rings (SSSR count). The molecule has 180 valence electrons. The summed E-state index contributed by atoms with van der Waals surface area (Å²) >= 11 is 1.43. The molecule has 0 spiro atoms. The van der Waals surface area contributed by atoms with Crippen LogP contribution >= 0.6 is 11.3 Å². The van der Waals surface area contributed by atoms with Gasteiger partial charge in [0.1, 0.15) is 12.6 Å². The first-order chi connectivity index (χ1) is 16.5. The standard InChI is InChI=1S/C24H28N4O5S/c29-21(28-23-25-13-6-14-26-23)10-5-4-9-18-11-12-19(34-18)15-20(22(30)31)27-24(32)33-16-17-7-2-1-3-8-17/h1-4,7-9,11-12,20H,5-6,10,13-16H2,(H,27,32)(H,30,31)(H2,25,26,28,29)/t20-/m0/s1. The zero-order valence-electron chi connectivity index (χ0n) is 18.7. The van der Waals surface area contributed by atoms with Gasteiger partial charge in [-0.25, -0.2) is 9.59 Å². The summed E-state index contributed by atoms with van der Waals surface area (Å²) in [4.78, 5) is 41.6. The lowest BCUT2D eigenvalue weighted by Gasteiger charge is -2.14. The quantitative estimate of drug-likeness (QED) is 0.410. The van der Waals surface area contributed by atoms with Gasteiger partial charge < -0.3 is 20.5 Å². The van der Waals surface area contributed by atoms with Gasteiger partial charge in [-0.15, -0.1) is 11.3 Å². The van der Waals surface area contributed by atoms with Crippen molar-refractivity contribution in [3.63, 3.8) is 0 Å². The normalized spacial score (nSPS) is 14.1. The fourth-order valence-electron chi connectivity index (χ4n) is 3.13. The topological polar surface area (TPSA) is 129 Å². The summed E-state index contributed by atoms with van der Waals surface area (Å²) in [5, 5.41) is 17.7. The Kier molecular flexibility index (Phi) is 9.65. The predicted molar refractivity (Wildman–Crippen MR) is 131 cm³/mol. The number of aliphatic imine (C=N–C) groups is 1. The van der Waals surface area contributed by atoms with Gasteiger partial charge in [-0.05, 0) is 36.6 Å². The van der Waals surface area contributed by atoms with E-state index in [0.29, 0.717) is 18.8 Å². The van der Waals surface area contributed by atoms with Crippen LogP contribution in [0.15, 0.2) is 53.5 Å². The van der Waals surface area contributed by atoms with E-state index in [9.17, 15) is 19.5 Å². The number of allylic oxidation sites excluding steroid dienone is 1. The molecule has 1 atom stereocenters. The number of carboxylic acid groups (broad SMARTS) is 1. The van der Waals surface area contributed by atoms with Gasteiger partial charge in [-0.3, -0.25) is 15.1 Å². The van der Waals surface area contributed by atoms with E-state index in [0.717, 1.165) is 34.8 Å². The Labute approximate surface area is 201 Å². The summed E-state index contributed by atoms with van der Waals surface area (Å²) in [6, 6.07) is 11.8. The molecule has 0 bridgehead atoms. The van der Waals surface area contributed by atoms with Crippen LogP contribution in [0.1, 0.15) is 34.6 Å². The molecule has 1 aromatic carbocycles. The van der Waals surface area contributed by atoms with Crippen LogP contribution in [0.5, 0.6) is 0 Å². The Hall–Kier alpha value is -3.66. The number of amides is 2. The van der Waals surface area contributed by atoms with Crippen molar-refractivity contribution in [1.29, 1.82) is 0 Å². The number of aliphatic carboxylic acids is 1. The number of nitrogens with one attached hydrogen (secondary N) is 3. The van der Waals surface area contributed by atoms with E-state index in [2.05, 4.69) is 20.9 Å². The van der Waals surface area contributed by atoms with Gasteiger partial charge in [0.05, 0.1) is 0 Å². The van der Waals surface area contributed by atoms with E-state index < -0.39 is 18.1 Å². The molecule has 0 unspecified atom stereocenters. The number of ether oxygens (including phenoxy) is 1. The molecule has 1 aromatic heterocycles. The SMILES string of the molecule is O=C(CCC=Cc1ccc(C[C@H](NC(=O)OCc2ccccc2)C(=O)O)s1)NC1=NCCCN1. The van der Waals surface area contributed by atoms with Crippen molar-refractivity contribution in [2.75, 3.05) is 13.1 Å². The Morgan fingerprint density at radius 2 is 2.03 bits per heavy atom. The highest BCUT2D eigenvalue weighted by Gasteiger charge is 2.22. The summed E-state index contributed by atoms with van der Waals surface area (Å²) < 4.78 is 5.12. The fraction of sp³-hybridized carbons (Fsp3) is 0.333. The second-order valence-corrected chi connectivity index (χ2v) is 8.80. The van der Waals surface area contributed by atoms with Crippen molar-refractivity contribution in [2.24, 2.45) is 4.99 Å². The van der Waals surface area contributed by atoms with Gasteiger partial charge in [-0.2, -0.15) is 0 Å². The summed E-state index contributed by atoms with van der Waals surface area (Å²) in [5.41, 5.74) is 0.816. The number of carboxylic acids is 1. The molecule has 0 saturated heterocycles. The van der Waals surface area contributed by atoms with Gasteiger partial charge in [-0.1, -0.05) is 36.4 Å².